The fraction of sp³-hybridized carbons (Fsp3) is 0.421. The first-order valence-electron chi connectivity index (χ1n) is 8.71. The molecular formula is C19H24N4O2. The van der Waals surface area contributed by atoms with Gasteiger partial charge in [-0.25, -0.2) is 0 Å². The highest BCUT2D eigenvalue weighted by atomic mass is 16.5. The van der Waals surface area contributed by atoms with Crippen molar-refractivity contribution < 1.29 is 9.15 Å². The zero-order chi connectivity index (χ0) is 17.2. The molecule has 0 unspecified atom stereocenters. The lowest BCUT2D eigenvalue weighted by Gasteiger charge is -2.30. The van der Waals surface area contributed by atoms with Crippen LogP contribution in [0.2, 0.25) is 0 Å². The number of nitrogens with zero attached hydrogens (tertiary/aromatic N) is 3. The van der Waals surface area contributed by atoms with Gasteiger partial charge in [0, 0.05) is 50.4 Å². The highest BCUT2D eigenvalue weighted by molar-refractivity contribution is 5.82. The van der Waals surface area contributed by atoms with Gasteiger partial charge in [0.15, 0.2) is 5.76 Å². The number of hydrogen-bond donors (Lipinski definition) is 1. The third kappa shape index (κ3) is 3.61. The number of furan rings is 1. The molecule has 4 rings (SSSR count). The van der Waals surface area contributed by atoms with E-state index in [1.54, 1.807) is 0 Å². The first-order chi connectivity index (χ1) is 12.2. The molecule has 0 saturated carbocycles. The van der Waals surface area contributed by atoms with E-state index in [-0.39, 0.29) is 6.10 Å². The summed E-state index contributed by atoms with van der Waals surface area (Å²) in [5.74, 6) is 0.812. The van der Waals surface area contributed by atoms with Crippen LogP contribution in [0.25, 0.3) is 22.4 Å². The van der Waals surface area contributed by atoms with Gasteiger partial charge in [-0.15, -0.1) is 0 Å². The van der Waals surface area contributed by atoms with Crippen molar-refractivity contribution in [2.75, 3.05) is 33.3 Å². The molecule has 0 radical (unpaired) electrons. The third-order valence-electron chi connectivity index (χ3n) is 4.59. The summed E-state index contributed by atoms with van der Waals surface area (Å²) in [7, 11) is 4.07. The fourth-order valence-corrected chi connectivity index (χ4v) is 3.33. The summed E-state index contributed by atoms with van der Waals surface area (Å²) < 4.78 is 13.6. The van der Waals surface area contributed by atoms with Crippen molar-refractivity contribution in [3.8, 4) is 11.5 Å². The van der Waals surface area contributed by atoms with Crippen LogP contribution >= 0.6 is 0 Å². The van der Waals surface area contributed by atoms with Gasteiger partial charge < -0.3 is 19.4 Å². The predicted octanol–water partition coefficient (Wildman–Crippen LogP) is 2.25. The number of aryl methyl sites for hydroxylation is 1. The molecule has 1 N–H and O–H groups in total. The van der Waals surface area contributed by atoms with Gasteiger partial charge in [0.05, 0.1) is 12.7 Å². The fourth-order valence-electron chi connectivity index (χ4n) is 3.33. The topological polar surface area (TPSA) is 55.5 Å². The number of para-hydroxylation sites is 1. The summed E-state index contributed by atoms with van der Waals surface area (Å²) in [5.41, 5.74) is 2.92. The lowest BCUT2D eigenvalue weighted by atomic mass is 10.2. The molecule has 6 nitrogen and oxygen atoms in total. The maximum absolute atomic E-state index is 5.98. The Labute approximate surface area is 147 Å². The van der Waals surface area contributed by atoms with E-state index in [0.717, 1.165) is 60.8 Å². The molecule has 3 heterocycles. The standard InChI is InChI=1S/C19H24N4O2/c1-22-7-8-24-16(13-22)11-20-10-15-12-23(2)21-19(15)18-9-14-5-3-4-6-17(14)25-18/h3-6,9,12,16,20H,7-8,10-11,13H2,1-2H3/t16-/m0/s1. The highest BCUT2D eigenvalue weighted by Crippen LogP contribution is 2.28. The van der Waals surface area contributed by atoms with E-state index >= 15 is 0 Å². The Morgan fingerprint density at radius 3 is 3.00 bits per heavy atom. The van der Waals surface area contributed by atoms with Crippen molar-refractivity contribution in [1.82, 2.24) is 20.0 Å². The van der Waals surface area contributed by atoms with Crippen LogP contribution < -0.4 is 5.32 Å². The summed E-state index contributed by atoms with van der Waals surface area (Å²) >= 11 is 0. The minimum absolute atomic E-state index is 0.241. The largest absolute Gasteiger partial charge is 0.454 e. The van der Waals surface area contributed by atoms with E-state index in [0.29, 0.717) is 0 Å². The minimum atomic E-state index is 0.241. The van der Waals surface area contributed by atoms with Crippen LogP contribution in [0.15, 0.2) is 40.9 Å². The van der Waals surface area contributed by atoms with Crippen molar-refractivity contribution in [2.24, 2.45) is 7.05 Å². The molecule has 1 saturated heterocycles. The molecule has 6 heteroatoms. The molecule has 2 aromatic heterocycles. The Bertz CT molecular complexity index is 821. The molecule has 1 aliphatic rings. The van der Waals surface area contributed by atoms with Crippen LogP contribution in [-0.4, -0.2) is 54.1 Å². The van der Waals surface area contributed by atoms with Gasteiger partial charge in [-0.1, -0.05) is 18.2 Å². The molecule has 1 atom stereocenters. The maximum atomic E-state index is 5.98. The van der Waals surface area contributed by atoms with E-state index in [4.69, 9.17) is 9.15 Å². The minimum Gasteiger partial charge on any atom is -0.454 e. The van der Waals surface area contributed by atoms with Crippen LogP contribution in [0.1, 0.15) is 5.56 Å². The molecule has 3 aromatic rings. The van der Waals surface area contributed by atoms with E-state index in [9.17, 15) is 0 Å². The maximum Gasteiger partial charge on any atom is 0.156 e. The Morgan fingerprint density at radius 2 is 2.16 bits per heavy atom. The average Bonchev–Trinajstić information content (AvgIpc) is 3.18. The number of benzene rings is 1. The van der Waals surface area contributed by atoms with Crippen LogP contribution in [0.5, 0.6) is 0 Å². The lowest BCUT2D eigenvalue weighted by Crippen LogP contribution is -2.44. The van der Waals surface area contributed by atoms with E-state index in [2.05, 4.69) is 34.5 Å². The van der Waals surface area contributed by atoms with E-state index < -0.39 is 0 Å². The number of morpholine rings is 1. The van der Waals surface area contributed by atoms with Gasteiger partial charge in [-0.2, -0.15) is 5.10 Å². The van der Waals surface area contributed by atoms with Crippen molar-refractivity contribution >= 4 is 11.0 Å². The molecule has 25 heavy (non-hydrogen) atoms. The van der Waals surface area contributed by atoms with Crippen LogP contribution in [0, 0.1) is 0 Å². The number of hydrogen-bond acceptors (Lipinski definition) is 5. The first kappa shape index (κ1) is 16.3. The first-order valence-corrected chi connectivity index (χ1v) is 8.71. The van der Waals surface area contributed by atoms with Crippen LogP contribution in [0.3, 0.4) is 0 Å². The smallest absolute Gasteiger partial charge is 0.156 e. The molecule has 0 bridgehead atoms. The summed E-state index contributed by atoms with van der Waals surface area (Å²) in [6, 6.07) is 10.1. The molecule has 1 fully saturated rings. The molecule has 0 amide bonds. The third-order valence-corrected chi connectivity index (χ3v) is 4.59. The van der Waals surface area contributed by atoms with Crippen molar-refractivity contribution in [2.45, 2.75) is 12.6 Å². The number of fused-ring (bicyclic) bond motifs is 1. The van der Waals surface area contributed by atoms with Crippen molar-refractivity contribution in [3.05, 3.63) is 42.1 Å². The van der Waals surface area contributed by atoms with Gasteiger partial charge in [0.2, 0.25) is 0 Å². The number of aromatic nitrogens is 2. The zero-order valence-electron chi connectivity index (χ0n) is 14.7. The van der Waals surface area contributed by atoms with Gasteiger partial charge >= 0.3 is 0 Å². The van der Waals surface area contributed by atoms with Crippen molar-refractivity contribution in [1.29, 1.82) is 0 Å². The van der Waals surface area contributed by atoms with Crippen LogP contribution in [0.4, 0.5) is 0 Å². The van der Waals surface area contributed by atoms with Crippen LogP contribution in [-0.2, 0) is 18.3 Å². The Hall–Kier alpha value is -2.15. The highest BCUT2D eigenvalue weighted by Gasteiger charge is 2.18. The Kier molecular flexibility index (Phi) is 4.57. The number of rotatable bonds is 5. The lowest BCUT2D eigenvalue weighted by molar-refractivity contribution is -0.0182. The normalized spacial score (nSPS) is 18.9. The summed E-state index contributed by atoms with van der Waals surface area (Å²) in [6.07, 6.45) is 2.29. The average molecular weight is 340 g/mol. The Morgan fingerprint density at radius 1 is 1.28 bits per heavy atom. The monoisotopic (exact) mass is 340 g/mol. The van der Waals surface area contributed by atoms with Gasteiger partial charge in [-0.05, 0) is 19.2 Å². The van der Waals surface area contributed by atoms with E-state index in [1.807, 2.05) is 36.1 Å². The number of likely N-dealkylation sites (N-methyl/N-ethyl adjacent to an activating group) is 1. The summed E-state index contributed by atoms with van der Waals surface area (Å²) in [5, 5.41) is 9.20. The predicted molar refractivity (Wildman–Crippen MR) is 97.4 cm³/mol. The molecule has 0 spiro atoms. The summed E-state index contributed by atoms with van der Waals surface area (Å²) in [4.78, 5) is 2.31. The molecule has 0 aliphatic carbocycles. The molecule has 132 valence electrons. The van der Waals surface area contributed by atoms with Gasteiger partial charge in [0.25, 0.3) is 0 Å². The zero-order valence-corrected chi connectivity index (χ0v) is 14.7. The second-order valence-electron chi connectivity index (χ2n) is 6.71. The quantitative estimate of drug-likeness (QED) is 0.772. The second kappa shape index (κ2) is 7.00. The number of nitrogens with one attached hydrogen (secondary N) is 1. The SMILES string of the molecule is CN1CCO[C@@H](CNCc2cn(C)nc2-c2cc3ccccc3o2)C1. The molecule has 1 aliphatic heterocycles. The van der Waals surface area contributed by atoms with E-state index in [1.165, 1.54) is 0 Å². The van der Waals surface area contributed by atoms with Gasteiger partial charge in [-0.3, -0.25) is 4.68 Å². The second-order valence-corrected chi connectivity index (χ2v) is 6.71. The Balaban J connectivity index is 1.47. The molecule has 1 aromatic carbocycles. The van der Waals surface area contributed by atoms with Crippen molar-refractivity contribution in [3.63, 3.8) is 0 Å². The molecular weight excluding hydrogens is 316 g/mol. The van der Waals surface area contributed by atoms with Gasteiger partial charge in [0.1, 0.15) is 11.3 Å². The summed E-state index contributed by atoms with van der Waals surface area (Å²) in [6.45, 7) is 4.36. The number of ether oxygens (including phenoxy) is 1.